The van der Waals surface area contributed by atoms with E-state index in [1.165, 1.54) is 21.3 Å². The number of hydrogen-bond acceptors (Lipinski definition) is 8. The minimum absolute atomic E-state index is 0.102. The van der Waals surface area contributed by atoms with Gasteiger partial charge < -0.3 is 18.5 Å². The van der Waals surface area contributed by atoms with Crippen LogP contribution in [0.4, 0.5) is 0 Å². The zero-order valence-electron chi connectivity index (χ0n) is 10.7. The predicted octanol–water partition coefficient (Wildman–Crippen LogP) is 1.59. The number of ether oxygens (including phenoxy) is 2. The molecule has 6 nitrogen and oxygen atoms in total. The molecule has 0 N–H and O–H groups in total. The predicted molar refractivity (Wildman–Crippen MR) is 72.9 cm³/mol. The average Bonchev–Trinajstić information content (AvgIpc) is 2.38. The summed E-state index contributed by atoms with van der Waals surface area (Å²) in [7, 11) is 4.06. The number of rotatable bonds is 8. The molecule has 106 valence electrons. The summed E-state index contributed by atoms with van der Waals surface area (Å²) in [4.78, 5) is 23.1. The molecule has 0 aromatic heterocycles. The fraction of sp³-hybridized carbons (Fsp3) is 0.778. The Hall–Kier alpha value is -0.140. The molecule has 0 aromatic carbocycles. The number of esters is 2. The van der Waals surface area contributed by atoms with Crippen molar-refractivity contribution in [1.82, 2.24) is 0 Å². The molecule has 0 aliphatic rings. The van der Waals surface area contributed by atoms with Crippen molar-refractivity contribution >= 4 is 40.8 Å². The molecule has 0 spiro atoms. The zero-order chi connectivity index (χ0) is 14.2. The molecule has 0 heterocycles. The Morgan fingerprint density at radius 2 is 1.78 bits per heavy atom. The highest BCUT2D eigenvalue weighted by Gasteiger charge is 2.32. The van der Waals surface area contributed by atoms with Gasteiger partial charge in [-0.2, -0.15) is 0 Å². The normalized spacial score (nSPS) is 12.9. The van der Waals surface area contributed by atoms with Gasteiger partial charge in [-0.3, -0.25) is 9.59 Å². The monoisotopic (exact) mass is 316 g/mol. The van der Waals surface area contributed by atoms with Crippen LogP contribution >= 0.6 is 17.1 Å². The van der Waals surface area contributed by atoms with E-state index < -0.39 is 23.6 Å². The second-order valence-electron chi connectivity index (χ2n) is 2.94. The summed E-state index contributed by atoms with van der Waals surface area (Å²) >= 11 is 6.23. The number of carbonyl (C=O) groups excluding carboxylic acids is 2. The second-order valence-corrected chi connectivity index (χ2v) is 9.50. The Bertz CT molecular complexity index is 327. The van der Waals surface area contributed by atoms with Gasteiger partial charge in [-0.15, -0.1) is 0 Å². The Labute approximate surface area is 116 Å². The van der Waals surface area contributed by atoms with E-state index in [2.05, 4.69) is 4.74 Å². The van der Waals surface area contributed by atoms with Gasteiger partial charge in [0.1, 0.15) is 0 Å². The molecule has 18 heavy (non-hydrogen) atoms. The molecule has 0 bridgehead atoms. The quantitative estimate of drug-likeness (QED) is 0.380. The van der Waals surface area contributed by atoms with Crippen molar-refractivity contribution in [3.8, 4) is 0 Å². The molecule has 0 rings (SSSR count). The lowest BCUT2D eigenvalue weighted by atomic mass is 10.2. The van der Waals surface area contributed by atoms with Gasteiger partial charge in [0, 0.05) is 20.0 Å². The maximum Gasteiger partial charge on any atom is 0.321 e. The summed E-state index contributed by atoms with van der Waals surface area (Å²) in [6, 6.07) is 0. The van der Waals surface area contributed by atoms with Crippen LogP contribution in [0, 0.1) is 5.92 Å². The van der Waals surface area contributed by atoms with Crippen LogP contribution in [-0.4, -0.2) is 45.6 Å². The zero-order valence-corrected chi connectivity index (χ0v) is 13.2. The van der Waals surface area contributed by atoms with Gasteiger partial charge in [0.05, 0.1) is 13.7 Å². The molecule has 1 atom stereocenters. The van der Waals surface area contributed by atoms with Crippen molar-refractivity contribution in [1.29, 1.82) is 0 Å². The van der Waals surface area contributed by atoms with Crippen LogP contribution in [-0.2, 0) is 39.9 Å². The smallest absolute Gasteiger partial charge is 0.321 e. The summed E-state index contributed by atoms with van der Waals surface area (Å²) in [5.74, 6) is -2.21. The van der Waals surface area contributed by atoms with Crippen LogP contribution in [0.3, 0.4) is 0 Å². The average molecular weight is 316 g/mol. The standard InChI is InChI=1S/C9H17O6PS2/c1-5-15-9(11)7(8(10)12-2)6-18-16(17,13-3)14-4/h7H,5-6H2,1-4H3. The van der Waals surface area contributed by atoms with Gasteiger partial charge in [-0.25, -0.2) is 0 Å². The van der Waals surface area contributed by atoms with E-state index in [1.807, 2.05) is 0 Å². The van der Waals surface area contributed by atoms with Gasteiger partial charge in [-0.05, 0) is 18.7 Å². The Kier molecular flexibility index (Phi) is 8.81. The van der Waals surface area contributed by atoms with Gasteiger partial charge in [0.25, 0.3) is 0 Å². The molecule has 0 fully saturated rings. The molecule has 1 unspecified atom stereocenters. The van der Waals surface area contributed by atoms with Crippen LogP contribution in [0.5, 0.6) is 0 Å². The van der Waals surface area contributed by atoms with Crippen LogP contribution in [0.1, 0.15) is 6.92 Å². The molecular formula is C9H17O6PS2. The van der Waals surface area contributed by atoms with Crippen molar-refractivity contribution in [2.75, 3.05) is 33.7 Å². The fourth-order valence-electron chi connectivity index (χ4n) is 0.963. The van der Waals surface area contributed by atoms with E-state index in [0.29, 0.717) is 0 Å². The molecule has 0 aromatic rings. The maximum absolute atomic E-state index is 11.6. The van der Waals surface area contributed by atoms with E-state index >= 15 is 0 Å². The third kappa shape index (κ3) is 5.67. The molecular weight excluding hydrogens is 299 g/mol. The lowest BCUT2D eigenvalue weighted by Crippen LogP contribution is -2.29. The molecule has 0 aliphatic carbocycles. The SMILES string of the molecule is CCOC(=O)C(CSP(=S)(OC)OC)C(=O)OC. The van der Waals surface area contributed by atoms with Crippen molar-refractivity contribution in [3.63, 3.8) is 0 Å². The summed E-state index contributed by atoms with van der Waals surface area (Å²) in [5, 5.41) is 0. The lowest BCUT2D eigenvalue weighted by molar-refractivity contribution is -0.158. The van der Waals surface area contributed by atoms with Crippen LogP contribution < -0.4 is 0 Å². The molecule has 0 amide bonds. The van der Waals surface area contributed by atoms with Crippen molar-refractivity contribution < 1.29 is 28.1 Å². The molecule has 0 saturated carbocycles. The van der Waals surface area contributed by atoms with E-state index in [-0.39, 0.29) is 12.4 Å². The summed E-state index contributed by atoms with van der Waals surface area (Å²) < 4.78 is 19.5. The van der Waals surface area contributed by atoms with Crippen molar-refractivity contribution in [2.24, 2.45) is 5.92 Å². The highest BCUT2D eigenvalue weighted by Crippen LogP contribution is 2.60. The fourth-order valence-corrected chi connectivity index (χ4v) is 4.10. The van der Waals surface area contributed by atoms with Crippen LogP contribution in [0.2, 0.25) is 0 Å². The number of hydrogen-bond donors (Lipinski definition) is 0. The van der Waals surface area contributed by atoms with E-state index in [0.717, 1.165) is 11.4 Å². The second kappa shape index (κ2) is 8.87. The topological polar surface area (TPSA) is 71.1 Å². The third-order valence-electron chi connectivity index (χ3n) is 1.90. The van der Waals surface area contributed by atoms with Gasteiger partial charge in [0.15, 0.2) is 5.92 Å². The minimum atomic E-state index is -2.51. The van der Waals surface area contributed by atoms with Gasteiger partial charge in [-0.1, -0.05) is 11.4 Å². The largest absolute Gasteiger partial charge is 0.468 e. The Balaban J connectivity index is 4.66. The van der Waals surface area contributed by atoms with E-state index in [9.17, 15) is 9.59 Å². The Morgan fingerprint density at radius 3 is 2.17 bits per heavy atom. The van der Waals surface area contributed by atoms with E-state index in [4.69, 9.17) is 25.6 Å². The molecule has 0 aliphatic heterocycles. The highest BCUT2D eigenvalue weighted by molar-refractivity contribution is 8.67. The third-order valence-corrected chi connectivity index (χ3v) is 7.73. The van der Waals surface area contributed by atoms with Crippen LogP contribution in [0.25, 0.3) is 0 Å². The Morgan fingerprint density at radius 1 is 1.22 bits per heavy atom. The summed E-state index contributed by atoms with van der Waals surface area (Å²) in [6.07, 6.45) is 0. The first-order valence-electron chi connectivity index (χ1n) is 5.04. The van der Waals surface area contributed by atoms with Crippen molar-refractivity contribution in [3.05, 3.63) is 0 Å². The first kappa shape index (κ1) is 17.9. The van der Waals surface area contributed by atoms with Gasteiger partial charge >= 0.3 is 11.9 Å². The number of carbonyl (C=O) groups is 2. The molecule has 0 radical (unpaired) electrons. The number of methoxy groups -OCH3 is 1. The minimum Gasteiger partial charge on any atom is -0.468 e. The molecule has 9 heteroatoms. The maximum atomic E-state index is 11.6. The first-order valence-corrected chi connectivity index (χ1v) is 9.27. The summed E-state index contributed by atoms with van der Waals surface area (Å²) in [5.41, 5.74) is -2.51. The van der Waals surface area contributed by atoms with Crippen LogP contribution in [0.15, 0.2) is 0 Å². The van der Waals surface area contributed by atoms with E-state index in [1.54, 1.807) is 6.92 Å². The molecule has 0 saturated heterocycles. The highest BCUT2D eigenvalue weighted by atomic mass is 32.9. The lowest BCUT2D eigenvalue weighted by Gasteiger charge is -2.19. The van der Waals surface area contributed by atoms with Gasteiger partial charge in [0.2, 0.25) is 5.69 Å². The first-order chi connectivity index (χ1) is 8.44. The van der Waals surface area contributed by atoms with Crippen molar-refractivity contribution in [2.45, 2.75) is 6.92 Å². The summed E-state index contributed by atoms with van der Waals surface area (Å²) in [6.45, 7) is 1.85.